The molecule has 2 fully saturated rings. The third-order valence-electron chi connectivity index (χ3n) is 4.73. The second-order valence-electron chi connectivity index (χ2n) is 6.96. The van der Waals surface area contributed by atoms with E-state index in [1.165, 1.54) is 0 Å². The molecule has 1 aliphatic carbocycles. The maximum absolute atomic E-state index is 12.5. The fourth-order valence-electron chi connectivity index (χ4n) is 3.17. The van der Waals surface area contributed by atoms with E-state index in [1.54, 1.807) is 24.8 Å². The number of likely N-dealkylation sites (tertiary alicyclic amines) is 1. The van der Waals surface area contributed by atoms with E-state index in [-0.39, 0.29) is 34.1 Å². The number of carbonyl (C=O) groups excluding carboxylic acids is 2. The summed E-state index contributed by atoms with van der Waals surface area (Å²) >= 11 is 12.8. The van der Waals surface area contributed by atoms with Crippen molar-refractivity contribution in [2.24, 2.45) is 16.4 Å². The molecule has 1 saturated carbocycles. The van der Waals surface area contributed by atoms with Crippen LogP contribution in [0.3, 0.4) is 0 Å². The molecule has 1 unspecified atom stereocenters. The molecule has 0 bridgehead atoms. The zero-order valence-corrected chi connectivity index (χ0v) is 14.6. The maximum Gasteiger partial charge on any atom is 0.250 e. The Kier molecular flexibility index (Phi) is 3.39. The molecule has 2 aliphatic heterocycles. The van der Waals surface area contributed by atoms with Gasteiger partial charge in [0.05, 0.1) is 5.41 Å². The van der Waals surface area contributed by atoms with Crippen LogP contribution in [0.25, 0.3) is 0 Å². The van der Waals surface area contributed by atoms with Crippen LogP contribution in [-0.2, 0) is 9.59 Å². The lowest BCUT2D eigenvalue weighted by Gasteiger charge is -2.61. The lowest BCUT2D eigenvalue weighted by atomic mass is 9.62. The SMILES string of the molecule is CC(C)C(=O)N1N=C(Cl)C2(C=C1Cl)N(C1CC1)C(=O)C2(C)C. The molecule has 1 atom stereocenters. The molecule has 3 rings (SSSR count). The van der Waals surface area contributed by atoms with E-state index in [1.807, 2.05) is 13.8 Å². The smallest absolute Gasteiger partial charge is 0.250 e. The minimum absolute atomic E-state index is 0.0488. The highest BCUT2D eigenvalue weighted by Crippen LogP contribution is 2.57. The number of nitrogens with zero attached hydrogens (tertiary/aromatic N) is 3. The topological polar surface area (TPSA) is 53.0 Å². The summed E-state index contributed by atoms with van der Waals surface area (Å²) in [7, 11) is 0. The van der Waals surface area contributed by atoms with Crippen molar-refractivity contribution in [2.75, 3.05) is 0 Å². The standard InChI is InChI=1S/C15H19Cl2N3O2/c1-8(2)11(21)20-10(16)7-15(12(17)18-20)14(3,4)13(22)19(15)9-5-6-9/h7-9H,5-6H2,1-4H3. The Balaban J connectivity index is 2.04. The Labute approximate surface area is 139 Å². The Bertz CT molecular complexity index is 622. The second kappa shape index (κ2) is 4.71. The van der Waals surface area contributed by atoms with Crippen molar-refractivity contribution in [3.63, 3.8) is 0 Å². The van der Waals surface area contributed by atoms with Crippen molar-refractivity contribution in [1.29, 1.82) is 0 Å². The lowest BCUT2D eigenvalue weighted by molar-refractivity contribution is -0.172. The zero-order valence-electron chi connectivity index (χ0n) is 13.1. The number of halogens is 2. The normalized spacial score (nSPS) is 30.4. The predicted molar refractivity (Wildman–Crippen MR) is 85.3 cm³/mol. The molecule has 0 aromatic carbocycles. The molecular weight excluding hydrogens is 325 g/mol. The Morgan fingerprint density at radius 2 is 1.95 bits per heavy atom. The van der Waals surface area contributed by atoms with Gasteiger partial charge in [0, 0.05) is 12.0 Å². The molecule has 2 heterocycles. The highest BCUT2D eigenvalue weighted by Gasteiger charge is 2.71. The Morgan fingerprint density at radius 1 is 1.36 bits per heavy atom. The van der Waals surface area contributed by atoms with Crippen molar-refractivity contribution in [2.45, 2.75) is 52.1 Å². The molecule has 120 valence electrons. The van der Waals surface area contributed by atoms with E-state index < -0.39 is 11.0 Å². The molecule has 0 N–H and O–H groups in total. The van der Waals surface area contributed by atoms with E-state index in [0.717, 1.165) is 17.9 Å². The summed E-state index contributed by atoms with van der Waals surface area (Å²) in [5, 5.41) is 5.78. The first-order valence-electron chi connectivity index (χ1n) is 7.45. The zero-order chi connectivity index (χ0) is 16.4. The average Bonchev–Trinajstić information content (AvgIpc) is 3.25. The second-order valence-corrected chi connectivity index (χ2v) is 7.71. The van der Waals surface area contributed by atoms with Gasteiger partial charge in [0.2, 0.25) is 5.91 Å². The summed E-state index contributed by atoms with van der Waals surface area (Å²) in [5.41, 5.74) is -1.55. The minimum atomic E-state index is -0.836. The number of β-lactam (4-membered cyclic amide) rings is 1. The molecule has 0 radical (unpaired) electrons. The summed E-state index contributed by atoms with van der Waals surface area (Å²) in [4.78, 5) is 26.4. The summed E-state index contributed by atoms with van der Waals surface area (Å²) in [6.45, 7) is 7.22. The van der Waals surface area contributed by atoms with E-state index in [4.69, 9.17) is 23.2 Å². The van der Waals surface area contributed by atoms with Gasteiger partial charge < -0.3 is 4.90 Å². The summed E-state index contributed by atoms with van der Waals surface area (Å²) in [6.07, 6.45) is 3.64. The number of amides is 2. The third-order valence-corrected chi connectivity index (χ3v) is 5.37. The van der Waals surface area contributed by atoms with Crippen LogP contribution in [0.15, 0.2) is 16.3 Å². The van der Waals surface area contributed by atoms with Gasteiger partial charge in [0.25, 0.3) is 5.91 Å². The molecule has 7 heteroatoms. The summed E-state index contributed by atoms with van der Waals surface area (Å²) in [5.74, 6) is -0.427. The van der Waals surface area contributed by atoms with Crippen molar-refractivity contribution in [3.8, 4) is 0 Å². The lowest BCUT2D eigenvalue weighted by Crippen LogP contribution is -2.79. The molecule has 22 heavy (non-hydrogen) atoms. The van der Waals surface area contributed by atoms with Crippen LogP contribution < -0.4 is 0 Å². The molecule has 0 aromatic rings. The van der Waals surface area contributed by atoms with Gasteiger partial charge in [-0.05, 0) is 32.8 Å². The highest BCUT2D eigenvalue weighted by molar-refractivity contribution is 6.69. The molecule has 3 aliphatic rings. The summed E-state index contributed by atoms with van der Waals surface area (Å²) < 4.78 is 0. The minimum Gasteiger partial charge on any atom is -0.322 e. The molecule has 0 aromatic heterocycles. The first-order valence-corrected chi connectivity index (χ1v) is 8.21. The van der Waals surface area contributed by atoms with E-state index in [9.17, 15) is 9.59 Å². The van der Waals surface area contributed by atoms with Crippen LogP contribution in [0.4, 0.5) is 0 Å². The largest absolute Gasteiger partial charge is 0.322 e. The van der Waals surface area contributed by atoms with Crippen molar-refractivity contribution >= 4 is 40.2 Å². The van der Waals surface area contributed by atoms with E-state index in [0.29, 0.717) is 0 Å². The Hall–Kier alpha value is -1.07. The highest BCUT2D eigenvalue weighted by atomic mass is 35.5. The quantitative estimate of drug-likeness (QED) is 0.571. The first kappa shape index (κ1) is 15.8. The van der Waals surface area contributed by atoms with Gasteiger partial charge in [-0.3, -0.25) is 9.59 Å². The van der Waals surface area contributed by atoms with Gasteiger partial charge in [-0.15, -0.1) is 0 Å². The number of hydrazone groups is 1. The predicted octanol–water partition coefficient (Wildman–Crippen LogP) is 2.89. The van der Waals surface area contributed by atoms with Gasteiger partial charge >= 0.3 is 0 Å². The van der Waals surface area contributed by atoms with Crippen LogP contribution in [0, 0.1) is 11.3 Å². The number of hydrogen-bond acceptors (Lipinski definition) is 3. The van der Waals surface area contributed by atoms with Crippen molar-refractivity contribution < 1.29 is 9.59 Å². The van der Waals surface area contributed by atoms with Crippen LogP contribution in [0.5, 0.6) is 0 Å². The number of hydrogen-bond donors (Lipinski definition) is 0. The van der Waals surface area contributed by atoms with Gasteiger partial charge in [-0.2, -0.15) is 10.1 Å². The van der Waals surface area contributed by atoms with Gasteiger partial charge in [0.1, 0.15) is 10.7 Å². The fourth-order valence-corrected chi connectivity index (χ4v) is 3.91. The van der Waals surface area contributed by atoms with Crippen LogP contribution in [-0.4, -0.2) is 38.5 Å². The van der Waals surface area contributed by atoms with Crippen LogP contribution >= 0.6 is 23.2 Å². The molecule has 2 amide bonds. The molecule has 5 nitrogen and oxygen atoms in total. The third kappa shape index (κ3) is 1.81. The fraction of sp³-hybridized carbons (Fsp3) is 0.667. The molecular formula is C15H19Cl2N3O2. The number of rotatable bonds is 2. The van der Waals surface area contributed by atoms with Gasteiger partial charge in [0.15, 0.2) is 5.17 Å². The van der Waals surface area contributed by atoms with Crippen molar-refractivity contribution in [3.05, 3.63) is 11.2 Å². The summed E-state index contributed by atoms with van der Waals surface area (Å²) in [6, 6.07) is 0.192. The van der Waals surface area contributed by atoms with E-state index >= 15 is 0 Å². The molecule has 1 saturated heterocycles. The Morgan fingerprint density at radius 3 is 2.45 bits per heavy atom. The van der Waals surface area contributed by atoms with Crippen molar-refractivity contribution in [1.82, 2.24) is 9.91 Å². The number of carbonyl (C=O) groups is 2. The first-order chi connectivity index (χ1) is 10.1. The molecule has 1 spiro atoms. The van der Waals surface area contributed by atoms with Gasteiger partial charge in [-0.25, -0.2) is 0 Å². The van der Waals surface area contributed by atoms with Gasteiger partial charge in [-0.1, -0.05) is 37.0 Å². The van der Waals surface area contributed by atoms with Crippen LogP contribution in [0.2, 0.25) is 0 Å². The van der Waals surface area contributed by atoms with E-state index in [2.05, 4.69) is 5.10 Å². The maximum atomic E-state index is 12.5. The monoisotopic (exact) mass is 343 g/mol. The average molecular weight is 344 g/mol. The van der Waals surface area contributed by atoms with Crippen LogP contribution in [0.1, 0.15) is 40.5 Å².